The second kappa shape index (κ2) is 6.19. The average molecular weight is 381 g/mol. The molecule has 1 aliphatic heterocycles. The number of aliphatic hydroxyl groups is 1. The Labute approximate surface area is 158 Å². The maximum atomic E-state index is 13.4. The molecule has 1 fully saturated rings. The number of amides is 1. The van der Waals surface area contributed by atoms with E-state index in [1.165, 1.54) is 24.3 Å². The highest BCUT2D eigenvalue weighted by Crippen LogP contribution is 2.60. The molecule has 27 heavy (non-hydrogen) atoms. The molecule has 1 saturated heterocycles. The summed E-state index contributed by atoms with van der Waals surface area (Å²) in [6.07, 6.45) is -1.42. The summed E-state index contributed by atoms with van der Waals surface area (Å²) in [5, 5.41) is 31.9. The van der Waals surface area contributed by atoms with E-state index >= 15 is 0 Å². The van der Waals surface area contributed by atoms with Crippen LogP contribution in [0, 0.1) is 22.6 Å². The zero-order valence-corrected chi connectivity index (χ0v) is 16.6. The number of aliphatic carboxylic acids is 1. The van der Waals surface area contributed by atoms with E-state index in [9.17, 15) is 29.3 Å². The predicted molar refractivity (Wildman–Crippen MR) is 97.8 cm³/mol. The van der Waals surface area contributed by atoms with E-state index in [1.54, 1.807) is 41.5 Å². The van der Waals surface area contributed by atoms with Gasteiger partial charge in [0.15, 0.2) is 5.54 Å². The molecule has 1 heterocycles. The molecule has 0 radical (unpaired) electrons. The van der Waals surface area contributed by atoms with E-state index in [-0.39, 0.29) is 0 Å². The Morgan fingerprint density at radius 3 is 1.89 bits per heavy atom. The summed E-state index contributed by atoms with van der Waals surface area (Å²) in [5.41, 5.74) is -5.20. The minimum absolute atomic E-state index is 0.294. The molecule has 0 bridgehead atoms. The zero-order chi connectivity index (χ0) is 21.0. The normalized spacial score (nSPS) is 29.0. The molecule has 3 atom stereocenters. The number of likely N-dealkylation sites (tertiary alicyclic amines) is 1. The molecule has 1 aliphatic rings. The fourth-order valence-corrected chi connectivity index (χ4v) is 4.91. The van der Waals surface area contributed by atoms with E-state index in [1.807, 2.05) is 0 Å². The Morgan fingerprint density at radius 1 is 1.07 bits per heavy atom. The van der Waals surface area contributed by atoms with Gasteiger partial charge in [-0.3, -0.25) is 4.90 Å². The minimum atomic E-state index is -1.89. The Kier molecular flexibility index (Phi) is 4.85. The number of halogens is 1. The molecule has 0 aromatic heterocycles. The first-order chi connectivity index (χ1) is 12.1. The first-order valence-corrected chi connectivity index (χ1v) is 8.82. The first-order valence-electron chi connectivity index (χ1n) is 8.82. The van der Waals surface area contributed by atoms with Gasteiger partial charge in [0.25, 0.3) is 0 Å². The van der Waals surface area contributed by atoms with Crippen LogP contribution in [0.25, 0.3) is 0 Å². The smallest absolute Gasteiger partial charge is 0.408 e. The molecular weight excluding hydrogens is 353 g/mol. The fourth-order valence-electron chi connectivity index (χ4n) is 4.91. The summed E-state index contributed by atoms with van der Waals surface area (Å²) in [5.74, 6) is -2.80. The van der Waals surface area contributed by atoms with Gasteiger partial charge in [0.05, 0.1) is 6.54 Å². The third-order valence-electron chi connectivity index (χ3n) is 5.63. The highest BCUT2D eigenvalue weighted by Gasteiger charge is 2.73. The van der Waals surface area contributed by atoms with Crippen LogP contribution in [0.3, 0.4) is 0 Å². The van der Waals surface area contributed by atoms with Crippen molar-refractivity contribution in [2.75, 3.05) is 6.54 Å². The van der Waals surface area contributed by atoms with Crippen molar-refractivity contribution in [3.8, 4) is 0 Å². The number of hydrogen-bond donors (Lipinski definition) is 3. The van der Waals surface area contributed by atoms with Crippen LogP contribution in [0.1, 0.15) is 47.1 Å². The molecule has 2 rings (SSSR count). The van der Waals surface area contributed by atoms with Crippen molar-refractivity contribution in [1.29, 1.82) is 0 Å². The number of carboxylic acids is 1. The molecule has 150 valence electrons. The van der Waals surface area contributed by atoms with Gasteiger partial charge in [-0.15, -0.1) is 0 Å². The third-order valence-corrected chi connectivity index (χ3v) is 5.63. The highest BCUT2D eigenvalue weighted by molar-refractivity contribution is 5.87. The summed E-state index contributed by atoms with van der Waals surface area (Å²) in [7, 11) is 0. The molecule has 0 saturated carbocycles. The number of carbonyl (C=O) groups is 2. The Morgan fingerprint density at radius 2 is 1.56 bits per heavy atom. The van der Waals surface area contributed by atoms with Gasteiger partial charge in [-0.1, -0.05) is 53.7 Å². The molecule has 0 spiro atoms. The number of nitrogens with zero attached hydrogens (tertiary/aromatic N) is 1. The van der Waals surface area contributed by atoms with Gasteiger partial charge in [0.2, 0.25) is 0 Å². The highest BCUT2D eigenvalue weighted by atomic mass is 19.1. The lowest BCUT2D eigenvalue weighted by Crippen LogP contribution is -2.66. The Hall–Kier alpha value is -2.15. The minimum Gasteiger partial charge on any atom is -0.479 e. The largest absolute Gasteiger partial charge is 0.479 e. The number of β-amino-alcohol motifs (C(OH)–C–C–N with tert-alkyl or cyclic N) is 1. The lowest BCUT2D eigenvalue weighted by molar-refractivity contribution is -0.169. The third kappa shape index (κ3) is 2.98. The Bertz CT molecular complexity index is 749. The van der Waals surface area contributed by atoms with Crippen LogP contribution in [-0.2, 0) is 10.4 Å². The molecule has 1 aromatic carbocycles. The summed E-state index contributed by atoms with van der Waals surface area (Å²) in [6.45, 7) is 9.90. The summed E-state index contributed by atoms with van der Waals surface area (Å²) in [6, 6.07) is 5.12. The van der Waals surface area contributed by atoms with Crippen molar-refractivity contribution in [2.24, 2.45) is 16.7 Å². The van der Waals surface area contributed by atoms with E-state index in [0.717, 1.165) is 4.90 Å². The fraction of sp³-hybridized carbons (Fsp3) is 0.600. The van der Waals surface area contributed by atoms with Crippen LogP contribution in [0.15, 0.2) is 24.3 Å². The van der Waals surface area contributed by atoms with E-state index < -0.39 is 52.3 Å². The number of carboxylic acid groups (broad SMARTS) is 2. The van der Waals surface area contributed by atoms with Gasteiger partial charge in [0.1, 0.15) is 11.4 Å². The molecule has 1 amide bonds. The first kappa shape index (κ1) is 21.2. The zero-order valence-electron chi connectivity index (χ0n) is 16.6. The molecule has 0 aliphatic carbocycles. The summed E-state index contributed by atoms with van der Waals surface area (Å²) >= 11 is 0. The van der Waals surface area contributed by atoms with E-state index in [0.29, 0.717) is 5.56 Å². The van der Waals surface area contributed by atoms with Crippen LogP contribution >= 0.6 is 0 Å². The van der Waals surface area contributed by atoms with Gasteiger partial charge < -0.3 is 15.3 Å². The van der Waals surface area contributed by atoms with E-state index in [2.05, 4.69) is 0 Å². The lowest BCUT2D eigenvalue weighted by Gasteiger charge is -2.52. The van der Waals surface area contributed by atoms with Crippen LogP contribution in [-0.4, -0.2) is 44.4 Å². The molecule has 3 N–H and O–H groups in total. The molecular formula is C20H28FNO5. The van der Waals surface area contributed by atoms with Gasteiger partial charge >= 0.3 is 12.1 Å². The number of hydrogen-bond acceptors (Lipinski definition) is 3. The standard InChI is InChI=1S/C20H28FNO5/c1-17(2,3)14-19(27,12-7-9-13(21)10-8-12)11-22(16(25)26)20(14,15(23)24)18(4,5)6/h7-10,14,27H,11H2,1-6H3,(H,23,24)(H,25,26)/t14?,19-,20+/m0/s1. The predicted octanol–water partition coefficient (Wildman–Crippen LogP) is 3.54. The molecule has 1 aromatic rings. The molecule has 6 nitrogen and oxygen atoms in total. The van der Waals surface area contributed by atoms with Crippen molar-refractivity contribution in [1.82, 2.24) is 4.90 Å². The van der Waals surface area contributed by atoms with Gasteiger partial charge in [-0.05, 0) is 28.5 Å². The number of rotatable bonds is 2. The van der Waals surface area contributed by atoms with Crippen molar-refractivity contribution in [2.45, 2.75) is 52.7 Å². The van der Waals surface area contributed by atoms with Crippen LogP contribution in [0.4, 0.5) is 9.18 Å². The maximum absolute atomic E-state index is 13.4. The van der Waals surface area contributed by atoms with Crippen molar-refractivity contribution < 1.29 is 29.3 Å². The average Bonchev–Trinajstić information content (AvgIpc) is 2.79. The van der Waals surface area contributed by atoms with Crippen LogP contribution in [0.5, 0.6) is 0 Å². The van der Waals surface area contributed by atoms with Crippen LogP contribution in [0.2, 0.25) is 0 Å². The van der Waals surface area contributed by atoms with Crippen molar-refractivity contribution in [3.63, 3.8) is 0 Å². The van der Waals surface area contributed by atoms with Crippen LogP contribution < -0.4 is 0 Å². The van der Waals surface area contributed by atoms with Gasteiger partial charge in [-0.2, -0.15) is 0 Å². The SMILES string of the molecule is CC(C)(C)C1[C@@](O)(c2ccc(F)cc2)CN(C(=O)O)[C@]1(C(=O)O)C(C)(C)C. The second-order valence-electron chi connectivity index (χ2n) is 9.42. The maximum Gasteiger partial charge on any atom is 0.408 e. The van der Waals surface area contributed by atoms with Crippen molar-refractivity contribution in [3.05, 3.63) is 35.6 Å². The second-order valence-corrected chi connectivity index (χ2v) is 9.42. The van der Waals surface area contributed by atoms with E-state index in [4.69, 9.17) is 0 Å². The topological polar surface area (TPSA) is 98.1 Å². The monoisotopic (exact) mass is 381 g/mol. The quantitative estimate of drug-likeness (QED) is 0.728. The summed E-state index contributed by atoms with van der Waals surface area (Å²) < 4.78 is 13.4. The van der Waals surface area contributed by atoms with Crippen molar-refractivity contribution >= 4 is 12.1 Å². The lowest BCUT2D eigenvalue weighted by atomic mass is 9.55. The molecule has 7 heteroatoms. The Balaban J connectivity index is 2.91. The van der Waals surface area contributed by atoms with Gasteiger partial charge in [-0.25, -0.2) is 14.0 Å². The number of benzene rings is 1. The van der Waals surface area contributed by atoms with Gasteiger partial charge in [0, 0.05) is 5.92 Å². The summed E-state index contributed by atoms with van der Waals surface area (Å²) in [4.78, 5) is 25.6. The molecule has 1 unspecified atom stereocenters.